The Morgan fingerprint density at radius 1 is 1.11 bits per heavy atom. The van der Waals surface area contributed by atoms with Crippen LogP contribution in [0.25, 0.3) is 0 Å². The number of benzene rings is 2. The van der Waals surface area contributed by atoms with Crippen LogP contribution >= 0.6 is 15.9 Å². The van der Waals surface area contributed by atoms with Crippen molar-refractivity contribution in [1.82, 2.24) is 0 Å². The van der Waals surface area contributed by atoms with Crippen LogP contribution in [0.4, 0.5) is 8.78 Å². The third kappa shape index (κ3) is 2.44. The molecule has 0 heterocycles. The average molecular weight is 312 g/mol. The average Bonchev–Trinajstić information content (AvgIpc) is 2.28. The molecule has 0 aliphatic rings. The van der Waals surface area contributed by atoms with Gasteiger partial charge in [0, 0.05) is 10.0 Å². The van der Waals surface area contributed by atoms with Crippen LogP contribution in [0.15, 0.2) is 40.9 Å². The fraction of sp³-hybridized carbons (Fsp3) is 0.143. The molecule has 0 aromatic heterocycles. The van der Waals surface area contributed by atoms with Gasteiger partial charge in [0.25, 0.3) is 0 Å². The summed E-state index contributed by atoms with van der Waals surface area (Å²) >= 11 is 3.34. The van der Waals surface area contributed by atoms with Crippen molar-refractivity contribution in [2.75, 3.05) is 0 Å². The van der Waals surface area contributed by atoms with E-state index in [0.29, 0.717) is 5.56 Å². The van der Waals surface area contributed by atoms with E-state index in [1.165, 1.54) is 18.2 Å². The van der Waals surface area contributed by atoms with Crippen LogP contribution in [0.1, 0.15) is 22.7 Å². The summed E-state index contributed by atoms with van der Waals surface area (Å²) in [6.07, 6.45) is 0. The highest BCUT2D eigenvalue weighted by molar-refractivity contribution is 9.10. The minimum Gasteiger partial charge on any atom is -0.320 e. The molecule has 94 valence electrons. The highest BCUT2D eigenvalue weighted by atomic mass is 79.9. The molecule has 0 radical (unpaired) electrons. The quantitative estimate of drug-likeness (QED) is 0.888. The molecule has 0 amide bonds. The summed E-state index contributed by atoms with van der Waals surface area (Å²) in [5, 5.41) is 0. The minimum absolute atomic E-state index is 0.0945. The number of hydrogen-bond donors (Lipinski definition) is 1. The van der Waals surface area contributed by atoms with Gasteiger partial charge in [-0.15, -0.1) is 0 Å². The zero-order chi connectivity index (χ0) is 13.3. The second-order valence-electron chi connectivity index (χ2n) is 4.11. The van der Waals surface area contributed by atoms with Gasteiger partial charge in [0.05, 0.1) is 6.04 Å². The monoisotopic (exact) mass is 311 g/mol. The van der Waals surface area contributed by atoms with E-state index in [-0.39, 0.29) is 5.56 Å². The van der Waals surface area contributed by atoms with Crippen molar-refractivity contribution >= 4 is 15.9 Å². The molecule has 1 unspecified atom stereocenters. The lowest BCUT2D eigenvalue weighted by molar-refractivity contribution is 0.543. The Morgan fingerprint density at radius 2 is 1.72 bits per heavy atom. The second kappa shape index (κ2) is 5.16. The lowest BCUT2D eigenvalue weighted by Crippen LogP contribution is -2.16. The molecule has 0 aliphatic heterocycles. The van der Waals surface area contributed by atoms with Gasteiger partial charge in [-0.1, -0.05) is 28.1 Å². The van der Waals surface area contributed by atoms with E-state index < -0.39 is 17.7 Å². The largest absolute Gasteiger partial charge is 0.320 e. The number of hydrogen-bond acceptors (Lipinski definition) is 1. The van der Waals surface area contributed by atoms with Gasteiger partial charge < -0.3 is 5.73 Å². The first-order valence-electron chi connectivity index (χ1n) is 5.46. The first-order valence-corrected chi connectivity index (χ1v) is 6.25. The Morgan fingerprint density at radius 3 is 2.28 bits per heavy atom. The molecule has 2 N–H and O–H groups in total. The lowest BCUT2D eigenvalue weighted by Gasteiger charge is -2.16. The van der Waals surface area contributed by atoms with Crippen molar-refractivity contribution in [3.05, 3.63) is 69.2 Å². The molecule has 0 bridgehead atoms. The predicted octanol–water partition coefficient (Wildman–Crippen LogP) is 4.08. The third-order valence-corrected chi connectivity index (χ3v) is 3.37. The Balaban J connectivity index is 2.51. The first-order chi connectivity index (χ1) is 8.50. The molecule has 2 rings (SSSR count). The van der Waals surface area contributed by atoms with E-state index in [1.807, 2.05) is 13.0 Å². The molecular weight excluding hydrogens is 300 g/mol. The van der Waals surface area contributed by atoms with Crippen LogP contribution < -0.4 is 5.73 Å². The van der Waals surface area contributed by atoms with Crippen molar-refractivity contribution in [3.8, 4) is 0 Å². The Hall–Kier alpha value is -1.26. The summed E-state index contributed by atoms with van der Waals surface area (Å²) in [5.74, 6) is -1.24. The Labute approximate surface area is 113 Å². The van der Waals surface area contributed by atoms with Crippen LogP contribution in [0, 0.1) is 18.6 Å². The molecule has 1 atom stereocenters. The minimum atomic E-state index is -0.806. The van der Waals surface area contributed by atoms with Gasteiger partial charge in [-0.3, -0.25) is 0 Å². The summed E-state index contributed by atoms with van der Waals surface area (Å²) in [4.78, 5) is 0. The van der Waals surface area contributed by atoms with Crippen LogP contribution in [0.3, 0.4) is 0 Å². The maximum absolute atomic E-state index is 13.7. The van der Waals surface area contributed by atoms with Crippen molar-refractivity contribution in [2.45, 2.75) is 13.0 Å². The van der Waals surface area contributed by atoms with Crippen LogP contribution in [0.5, 0.6) is 0 Å². The molecule has 0 saturated carbocycles. The lowest BCUT2D eigenvalue weighted by atomic mass is 9.95. The molecule has 0 spiro atoms. The highest BCUT2D eigenvalue weighted by Gasteiger charge is 2.19. The van der Waals surface area contributed by atoms with Gasteiger partial charge in [0.2, 0.25) is 0 Å². The maximum atomic E-state index is 13.7. The fourth-order valence-electron chi connectivity index (χ4n) is 1.95. The topological polar surface area (TPSA) is 26.0 Å². The molecule has 1 nitrogen and oxygen atoms in total. The normalized spacial score (nSPS) is 12.5. The van der Waals surface area contributed by atoms with E-state index in [9.17, 15) is 8.78 Å². The van der Waals surface area contributed by atoms with E-state index >= 15 is 0 Å². The molecule has 2 aromatic rings. The smallest absolute Gasteiger partial charge is 0.131 e. The number of nitrogens with two attached hydrogens (primary N) is 1. The van der Waals surface area contributed by atoms with Crippen LogP contribution in [-0.4, -0.2) is 0 Å². The number of halogens is 3. The third-order valence-electron chi connectivity index (χ3n) is 2.88. The maximum Gasteiger partial charge on any atom is 0.131 e. The summed E-state index contributed by atoms with van der Waals surface area (Å²) in [5.41, 5.74) is 7.48. The van der Waals surface area contributed by atoms with Gasteiger partial charge >= 0.3 is 0 Å². The standard InChI is InChI=1S/C14H12BrF2N/c1-8-7-9(15)5-6-10(8)14(18)13-11(16)3-2-4-12(13)17/h2-7,14H,18H2,1H3. The molecule has 0 aliphatic carbocycles. The summed E-state index contributed by atoms with van der Waals surface area (Å²) in [7, 11) is 0. The molecule has 0 saturated heterocycles. The number of rotatable bonds is 2. The van der Waals surface area contributed by atoms with E-state index in [4.69, 9.17) is 5.73 Å². The molecule has 0 fully saturated rings. The summed E-state index contributed by atoms with van der Waals surface area (Å²) in [6.45, 7) is 1.86. The Bertz CT molecular complexity index is 564. The van der Waals surface area contributed by atoms with Gasteiger partial charge in [0.1, 0.15) is 11.6 Å². The van der Waals surface area contributed by atoms with Crippen molar-refractivity contribution < 1.29 is 8.78 Å². The zero-order valence-corrected chi connectivity index (χ0v) is 11.3. The van der Waals surface area contributed by atoms with E-state index in [0.717, 1.165) is 10.0 Å². The highest BCUT2D eigenvalue weighted by Crippen LogP contribution is 2.28. The summed E-state index contributed by atoms with van der Waals surface area (Å²) in [6, 6.07) is 8.40. The van der Waals surface area contributed by atoms with E-state index in [1.54, 1.807) is 12.1 Å². The van der Waals surface area contributed by atoms with Crippen LogP contribution in [0.2, 0.25) is 0 Å². The zero-order valence-electron chi connectivity index (χ0n) is 9.75. The van der Waals surface area contributed by atoms with Gasteiger partial charge in [0.15, 0.2) is 0 Å². The van der Waals surface area contributed by atoms with Gasteiger partial charge in [-0.05, 0) is 42.3 Å². The fourth-order valence-corrected chi connectivity index (χ4v) is 2.43. The van der Waals surface area contributed by atoms with Gasteiger partial charge in [-0.25, -0.2) is 8.78 Å². The van der Waals surface area contributed by atoms with Crippen molar-refractivity contribution in [2.24, 2.45) is 5.73 Å². The SMILES string of the molecule is Cc1cc(Br)ccc1C(N)c1c(F)cccc1F. The molecule has 18 heavy (non-hydrogen) atoms. The second-order valence-corrected chi connectivity index (χ2v) is 5.03. The molecular formula is C14H12BrF2N. The number of aryl methyl sites for hydroxylation is 1. The van der Waals surface area contributed by atoms with E-state index in [2.05, 4.69) is 15.9 Å². The Kier molecular flexibility index (Phi) is 3.78. The van der Waals surface area contributed by atoms with Crippen LogP contribution in [-0.2, 0) is 0 Å². The molecule has 4 heteroatoms. The van der Waals surface area contributed by atoms with Crippen molar-refractivity contribution in [1.29, 1.82) is 0 Å². The molecule has 2 aromatic carbocycles. The summed E-state index contributed by atoms with van der Waals surface area (Å²) < 4.78 is 28.2. The van der Waals surface area contributed by atoms with Crippen molar-refractivity contribution in [3.63, 3.8) is 0 Å². The predicted molar refractivity (Wildman–Crippen MR) is 71.3 cm³/mol. The van der Waals surface area contributed by atoms with Gasteiger partial charge in [-0.2, -0.15) is 0 Å². The first kappa shape index (κ1) is 13.2.